The topological polar surface area (TPSA) is 87.4 Å². The van der Waals surface area contributed by atoms with Crippen LogP contribution in [0.2, 0.25) is 0 Å². The minimum absolute atomic E-state index is 0.205. The zero-order valence-electron chi connectivity index (χ0n) is 9.99. The summed E-state index contributed by atoms with van der Waals surface area (Å²) in [5.74, 6) is -0.933. The Balaban J connectivity index is 2.06. The molecule has 0 aromatic rings. The summed E-state index contributed by atoms with van der Waals surface area (Å²) in [7, 11) is 0. The van der Waals surface area contributed by atoms with Crippen molar-refractivity contribution in [3.8, 4) is 0 Å². The number of aliphatic carboxylic acids is 1. The molecule has 3 atom stereocenters. The molecule has 0 amide bonds. The van der Waals surface area contributed by atoms with E-state index in [9.17, 15) is 15.0 Å². The second-order valence-electron chi connectivity index (χ2n) is 5.96. The van der Waals surface area contributed by atoms with Crippen molar-refractivity contribution in [2.45, 2.75) is 44.0 Å². The lowest BCUT2D eigenvalue weighted by Crippen LogP contribution is -2.62. The van der Waals surface area contributed by atoms with Crippen LogP contribution in [0.25, 0.3) is 0 Å². The van der Waals surface area contributed by atoms with Crippen LogP contribution in [-0.4, -0.2) is 45.5 Å². The standard InChI is InChI=1S/C11H17N3O3/c1-10(2)5-11(17)3-6(8(15)16)7-4-12-9(13-10)14(7)11/h6-7,17H,3-5H2,1-2H3,(H2,12,13,15,16)/t6-,7+,11-/m1/s1. The lowest BCUT2D eigenvalue weighted by Gasteiger charge is -2.37. The number of carbonyl (C=O) groups excluding carboxylic acids is 1. The molecule has 3 N–H and O–H groups in total. The molecular formula is C11H17N3O3. The van der Waals surface area contributed by atoms with Gasteiger partial charge >= 0.3 is 5.96 Å². The molecule has 3 rings (SSSR count). The van der Waals surface area contributed by atoms with Crippen molar-refractivity contribution >= 4 is 11.9 Å². The van der Waals surface area contributed by atoms with E-state index in [0.717, 1.165) is 5.96 Å². The van der Waals surface area contributed by atoms with Crippen molar-refractivity contribution in [1.82, 2.24) is 10.6 Å². The maximum Gasteiger partial charge on any atom is 0.349 e. The number of hydrogen-bond donors (Lipinski definition) is 3. The monoisotopic (exact) mass is 239 g/mol. The van der Waals surface area contributed by atoms with Gasteiger partial charge in [0.25, 0.3) is 0 Å². The molecule has 3 aliphatic heterocycles. The maximum absolute atomic E-state index is 11.1. The Hall–Kier alpha value is -1.30. The third kappa shape index (κ3) is 1.36. The molecule has 6 nitrogen and oxygen atoms in total. The fourth-order valence-corrected chi connectivity index (χ4v) is 3.54. The summed E-state index contributed by atoms with van der Waals surface area (Å²) < 4.78 is 1.79. The molecule has 3 aliphatic rings. The average molecular weight is 239 g/mol. The Kier molecular flexibility index (Phi) is 1.86. The molecule has 6 heteroatoms. The largest absolute Gasteiger partial charge is 0.550 e. The van der Waals surface area contributed by atoms with Gasteiger partial charge in [0.15, 0.2) is 5.72 Å². The highest BCUT2D eigenvalue weighted by atomic mass is 16.4. The van der Waals surface area contributed by atoms with Gasteiger partial charge in [-0.15, -0.1) is 0 Å². The molecule has 0 saturated carbocycles. The summed E-state index contributed by atoms with van der Waals surface area (Å²) in [6.45, 7) is 4.53. The zero-order valence-corrected chi connectivity index (χ0v) is 9.99. The molecule has 0 unspecified atom stereocenters. The average Bonchev–Trinajstić information content (AvgIpc) is 2.67. The number of carbonyl (C=O) groups is 1. The van der Waals surface area contributed by atoms with Gasteiger partial charge < -0.3 is 15.0 Å². The van der Waals surface area contributed by atoms with E-state index in [1.54, 1.807) is 4.58 Å². The Morgan fingerprint density at radius 1 is 1.59 bits per heavy atom. The zero-order chi connectivity index (χ0) is 12.4. The van der Waals surface area contributed by atoms with Gasteiger partial charge in [0, 0.05) is 24.7 Å². The van der Waals surface area contributed by atoms with E-state index < -0.39 is 17.6 Å². The molecule has 0 aromatic heterocycles. The summed E-state index contributed by atoms with van der Waals surface area (Å²) in [6, 6.07) is -0.205. The van der Waals surface area contributed by atoms with E-state index in [-0.39, 0.29) is 18.0 Å². The molecule has 3 heterocycles. The van der Waals surface area contributed by atoms with Crippen molar-refractivity contribution < 1.29 is 19.6 Å². The van der Waals surface area contributed by atoms with Crippen LogP contribution in [0.5, 0.6) is 0 Å². The quantitative estimate of drug-likeness (QED) is 0.442. The normalized spacial score (nSPS) is 41.8. The highest BCUT2D eigenvalue weighted by molar-refractivity contribution is 5.79. The first-order valence-corrected chi connectivity index (χ1v) is 5.94. The second kappa shape index (κ2) is 2.93. The first-order chi connectivity index (χ1) is 7.82. The minimum Gasteiger partial charge on any atom is -0.550 e. The van der Waals surface area contributed by atoms with Crippen LogP contribution in [-0.2, 0) is 4.79 Å². The Labute approximate surface area is 99.3 Å². The molecule has 1 fully saturated rings. The van der Waals surface area contributed by atoms with Crippen LogP contribution in [0.1, 0.15) is 26.7 Å². The van der Waals surface area contributed by atoms with E-state index in [0.29, 0.717) is 13.0 Å². The SMILES string of the molecule is CC1(C)C[C@]2(O)C[C@@H](C(=O)[O-])[C@@H]3CNC(=[N+]32)N1. The van der Waals surface area contributed by atoms with Crippen molar-refractivity contribution in [2.75, 3.05) is 6.54 Å². The lowest BCUT2D eigenvalue weighted by molar-refractivity contribution is -0.665. The van der Waals surface area contributed by atoms with Gasteiger partial charge in [0.2, 0.25) is 0 Å². The third-order valence-electron chi connectivity index (χ3n) is 4.00. The van der Waals surface area contributed by atoms with Gasteiger partial charge in [-0.25, -0.2) is 4.58 Å². The van der Waals surface area contributed by atoms with Crippen LogP contribution in [0, 0.1) is 5.92 Å². The van der Waals surface area contributed by atoms with Crippen LogP contribution in [0.3, 0.4) is 0 Å². The van der Waals surface area contributed by atoms with Gasteiger partial charge in [0.1, 0.15) is 6.04 Å². The molecule has 94 valence electrons. The van der Waals surface area contributed by atoms with Crippen LogP contribution < -0.4 is 15.7 Å². The van der Waals surface area contributed by atoms with E-state index in [2.05, 4.69) is 10.6 Å². The number of hydrogen-bond acceptors (Lipinski definition) is 5. The highest BCUT2D eigenvalue weighted by Crippen LogP contribution is 2.41. The summed E-state index contributed by atoms with van der Waals surface area (Å²) in [5, 5.41) is 28.2. The molecule has 1 saturated heterocycles. The number of nitrogens with one attached hydrogen (secondary N) is 2. The summed E-state index contributed by atoms with van der Waals surface area (Å²) in [4.78, 5) is 11.1. The molecule has 0 bridgehead atoms. The van der Waals surface area contributed by atoms with E-state index >= 15 is 0 Å². The Morgan fingerprint density at radius 2 is 2.29 bits per heavy atom. The van der Waals surface area contributed by atoms with Crippen molar-refractivity contribution in [2.24, 2.45) is 5.92 Å². The number of aliphatic hydroxyl groups is 1. The summed E-state index contributed by atoms with van der Waals surface area (Å²) in [5.41, 5.74) is -1.31. The number of rotatable bonds is 1. The summed E-state index contributed by atoms with van der Waals surface area (Å²) >= 11 is 0. The molecule has 0 aliphatic carbocycles. The highest BCUT2D eigenvalue weighted by Gasteiger charge is 2.60. The van der Waals surface area contributed by atoms with Gasteiger partial charge in [-0.3, -0.25) is 10.6 Å². The third-order valence-corrected chi connectivity index (χ3v) is 4.00. The predicted molar refractivity (Wildman–Crippen MR) is 57.0 cm³/mol. The van der Waals surface area contributed by atoms with Crippen LogP contribution in [0.4, 0.5) is 0 Å². The van der Waals surface area contributed by atoms with Crippen molar-refractivity contribution in [1.29, 1.82) is 0 Å². The second-order valence-corrected chi connectivity index (χ2v) is 5.96. The molecule has 0 radical (unpaired) electrons. The van der Waals surface area contributed by atoms with Crippen LogP contribution in [0.15, 0.2) is 0 Å². The summed E-state index contributed by atoms with van der Waals surface area (Å²) in [6.07, 6.45) is 0.752. The van der Waals surface area contributed by atoms with Gasteiger partial charge in [-0.05, 0) is 13.8 Å². The van der Waals surface area contributed by atoms with Gasteiger partial charge in [-0.2, -0.15) is 0 Å². The number of carboxylic acids is 1. The van der Waals surface area contributed by atoms with Gasteiger partial charge in [0.05, 0.1) is 12.1 Å². The van der Waals surface area contributed by atoms with E-state index in [1.165, 1.54) is 0 Å². The first-order valence-electron chi connectivity index (χ1n) is 5.94. The van der Waals surface area contributed by atoms with Crippen molar-refractivity contribution in [3.05, 3.63) is 0 Å². The smallest absolute Gasteiger partial charge is 0.349 e. The van der Waals surface area contributed by atoms with Gasteiger partial charge in [-0.1, -0.05) is 0 Å². The van der Waals surface area contributed by atoms with Crippen LogP contribution >= 0.6 is 0 Å². The van der Waals surface area contributed by atoms with E-state index in [1.807, 2.05) is 13.8 Å². The number of carboxylic acid groups (broad SMARTS) is 1. The maximum atomic E-state index is 11.1. The van der Waals surface area contributed by atoms with Crippen molar-refractivity contribution in [3.63, 3.8) is 0 Å². The number of guanidine groups is 1. The van der Waals surface area contributed by atoms with E-state index in [4.69, 9.17) is 0 Å². The minimum atomic E-state index is -1.07. The fraction of sp³-hybridized carbons (Fsp3) is 0.818. The molecule has 0 spiro atoms. The molecular weight excluding hydrogens is 222 g/mol. The fourth-order valence-electron chi connectivity index (χ4n) is 3.54. The lowest BCUT2D eigenvalue weighted by atomic mass is 9.87. The Morgan fingerprint density at radius 3 is 2.94 bits per heavy atom. The predicted octanol–water partition coefficient (Wildman–Crippen LogP) is -2.44. The first kappa shape index (κ1) is 10.8. The number of nitrogens with zero attached hydrogens (tertiary/aromatic N) is 1. The Bertz CT molecular complexity index is 432. The molecule has 0 aromatic carbocycles. The molecule has 17 heavy (non-hydrogen) atoms.